The Morgan fingerprint density at radius 1 is 0.515 bits per heavy atom. The summed E-state index contributed by atoms with van der Waals surface area (Å²) < 4.78 is 0. The topological polar surface area (TPSA) is 3.24 Å². The predicted octanol–water partition coefficient (Wildman–Crippen LogP) is 10.8. The Morgan fingerprint density at radius 2 is 0.909 bits per heavy atom. The first kappa shape index (κ1) is 31.0. The predicted molar refractivity (Wildman–Crippen MR) is 151 cm³/mol. The molecule has 0 aromatic carbocycles. The molecule has 0 aromatic rings. The minimum atomic E-state index is 0.984. The summed E-state index contributed by atoms with van der Waals surface area (Å²) in [5, 5.41) is 0. The van der Waals surface area contributed by atoms with Gasteiger partial charge in [-0.3, -0.25) is 0 Å². The molecule has 0 amide bonds. The highest BCUT2D eigenvalue weighted by molar-refractivity contribution is 4.85. The van der Waals surface area contributed by atoms with Gasteiger partial charge in [-0.2, -0.15) is 0 Å². The fourth-order valence-electron chi connectivity index (χ4n) is 5.84. The molecule has 1 fully saturated rings. The lowest BCUT2D eigenvalue weighted by atomic mass is 9.91. The molecule has 1 saturated carbocycles. The monoisotopic (exact) mass is 464 g/mol. The molecule has 1 aliphatic rings. The van der Waals surface area contributed by atoms with Crippen LogP contribution < -0.4 is 0 Å². The van der Waals surface area contributed by atoms with Gasteiger partial charge in [-0.05, 0) is 51.2 Å². The summed E-state index contributed by atoms with van der Waals surface area (Å²) in [4.78, 5) is 2.38. The van der Waals surface area contributed by atoms with E-state index in [-0.39, 0.29) is 0 Å². The first-order chi connectivity index (χ1) is 16.2. The minimum Gasteiger partial charge on any atom is -0.309 e. The van der Waals surface area contributed by atoms with E-state index in [1.54, 1.807) is 19.3 Å². The van der Waals surface area contributed by atoms with Crippen molar-refractivity contribution in [3.05, 3.63) is 0 Å². The first-order valence-corrected chi connectivity index (χ1v) is 15.8. The van der Waals surface area contributed by atoms with E-state index >= 15 is 0 Å². The number of rotatable bonds is 26. The van der Waals surface area contributed by atoms with Gasteiger partial charge < -0.3 is 4.90 Å². The summed E-state index contributed by atoms with van der Waals surface area (Å²) in [5.74, 6) is 3.23. The van der Waals surface area contributed by atoms with Crippen molar-refractivity contribution < 1.29 is 0 Å². The van der Waals surface area contributed by atoms with Crippen molar-refractivity contribution in [1.82, 2.24) is 4.90 Å². The quantitative estimate of drug-likeness (QED) is 0.115. The molecule has 0 aromatic heterocycles. The van der Waals surface area contributed by atoms with Crippen LogP contribution in [0.1, 0.15) is 168 Å². The Balaban J connectivity index is 1.95. The number of unbranched alkanes of at least 4 members (excludes halogenated alkanes) is 15. The van der Waals surface area contributed by atoms with Gasteiger partial charge in [0.1, 0.15) is 0 Å². The van der Waals surface area contributed by atoms with Crippen LogP contribution in [-0.2, 0) is 0 Å². The molecule has 2 unspecified atom stereocenters. The van der Waals surface area contributed by atoms with Crippen molar-refractivity contribution >= 4 is 0 Å². The second kappa shape index (κ2) is 22.4. The fraction of sp³-hybridized carbons (Fsp3) is 1.00. The van der Waals surface area contributed by atoms with Crippen LogP contribution in [0.25, 0.3) is 0 Å². The standard InChI is InChI=1S/C32H65N/c1-5-7-9-11-13-15-19-23-30(27-28-33(3)4)24-20-16-14-18-22-26-32-29-31(32)25-21-17-12-10-8-6-2/h30-32H,5-29H2,1-4H3/t30?,31-,32?/m1/s1. The van der Waals surface area contributed by atoms with E-state index in [2.05, 4.69) is 32.8 Å². The molecule has 0 radical (unpaired) electrons. The lowest BCUT2D eigenvalue weighted by Gasteiger charge is -2.19. The van der Waals surface area contributed by atoms with Crippen molar-refractivity contribution in [2.45, 2.75) is 168 Å². The van der Waals surface area contributed by atoms with Crippen LogP contribution in [0.4, 0.5) is 0 Å². The molecule has 0 heterocycles. The summed E-state index contributed by atoms with van der Waals surface area (Å²) in [5.41, 5.74) is 0. The van der Waals surface area contributed by atoms with Crippen molar-refractivity contribution in [3.8, 4) is 0 Å². The zero-order valence-electron chi connectivity index (χ0n) is 23.9. The third-order valence-electron chi connectivity index (χ3n) is 8.39. The van der Waals surface area contributed by atoms with Crippen LogP contribution in [0.15, 0.2) is 0 Å². The van der Waals surface area contributed by atoms with E-state index in [1.165, 1.54) is 141 Å². The van der Waals surface area contributed by atoms with Crippen LogP contribution >= 0.6 is 0 Å². The molecule has 0 spiro atoms. The van der Waals surface area contributed by atoms with Gasteiger partial charge in [-0.25, -0.2) is 0 Å². The Bertz CT molecular complexity index is 390. The Morgan fingerprint density at radius 3 is 1.33 bits per heavy atom. The Hall–Kier alpha value is -0.0400. The van der Waals surface area contributed by atoms with Gasteiger partial charge in [-0.1, -0.05) is 155 Å². The van der Waals surface area contributed by atoms with Gasteiger partial charge in [-0.15, -0.1) is 0 Å². The largest absolute Gasteiger partial charge is 0.309 e. The number of nitrogens with zero attached hydrogens (tertiary/aromatic N) is 1. The van der Waals surface area contributed by atoms with Crippen LogP contribution in [0.5, 0.6) is 0 Å². The molecule has 33 heavy (non-hydrogen) atoms. The second-order valence-electron chi connectivity index (χ2n) is 12.0. The molecule has 1 nitrogen and oxygen atoms in total. The third kappa shape index (κ3) is 19.9. The summed E-state index contributed by atoms with van der Waals surface area (Å²) >= 11 is 0. The molecule has 3 atom stereocenters. The zero-order chi connectivity index (χ0) is 24.0. The van der Waals surface area contributed by atoms with Crippen molar-refractivity contribution in [3.63, 3.8) is 0 Å². The average molecular weight is 464 g/mol. The van der Waals surface area contributed by atoms with Gasteiger partial charge in [0, 0.05) is 0 Å². The van der Waals surface area contributed by atoms with Crippen molar-refractivity contribution in [1.29, 1.82) is 0 Å². The van der Waals surface area contributed by atoms with Crippen molar-refractivity contribution in [2.24, 2.45) is 17.8 Å². The second-order valence-corrected chi connectivity index (χ2v) is 12.0. The number of hydrogen-bond acceptors (Lipinski definition) is 1. The molecule has 0 N–H and O–H groups in total. The van der Waals surface area contributed by atoms with Gasteiger partial charge in [0.2, 0.25) is 0 Å². The highest BCUT2D eigenvalue weighted by Crippen LogP contribution is 2.45. The molecule has 1 aliphatic carbocycles. The molecule has 1 rings (SSSR count). The van der Waals surface area contributed by atoms with Crippen LogP contribution in [0.3, 0.4) is 0 Å². The molecule has 0 aliphatic heterocycles. The lowest BCUT2D eigenvalue weighted by Crippen LogP contribution is -2.17. The summed E-state index contributed by atoms with van der Waals surface area (Å²) in [6.07, 6.45) is 35.5. The summed E-state index contributed by atoms with van der Waals surface area (Å²) in [7, 11) is 4.48. The van der Waals surface area contributed by atoms with E-state index < -0.39 is 0 Å². The van der Waals surface area contributed by atoms with E-state index in [0.717, 1.165) is 17.8 Å². The molecular formula is C32H65N. The van der Waals surface area contributed by atoms with E-state index in [9.17, 15) is 0 Å². The number of hydrogen-bond donors (Lipinski definition) is 0. The maximum Gasteiger partial charge on any atom is -0.00222 e. The van der Waals surface area contributed by atoms with E-state index in [1.807, 2.05) is 0 Å². The summed E-state index contributed by atoms with van der Waals surface area (Å²) in [6.45, 7) is 5.91. The molecule has 0 saturated heterocycles. The first-order valence-electron chi connectivity index (χ1n) is 15.8. The summed E-state index contributed by atoms with van der Waals surface area (Å²) in [6, 6.07) is 0. The van der Waals surface area contributed by atoms with Crippen LogP contribution in [0.2, 0.25) is 0 Å². The maximum absolute atomic E-state index is 2.38. The van der Waals surface area contributed by atoms with Crippen molar-refractivity contribution in [2.75, 3.05) is 20.6 Å². The van der Waals surface area contributed by atoms with Gasteiger partial charge in [0.15, 0.2) is 0 Å². The minimum absolute atomic E-state index is 0.984. The molecular weight excluding hydrogens is 398 g/mol. The van der Waals surface area contributed by atoms with Crippen LogP contribution in [0, 0.1) is 17.8 Å². The lowest BCUT2D eigenvalue weighted by molar-refractivity contribution is 0.314. The molecule has 0 bridgehead atoms. The molecule has 198 valence electrons. The average Bonchev–Trinajstić information content (AvgIpc) is 3.55. The van der Waals surface area contributed by atoms with Gasteiger partial charge >= 0.3 is 0 Å². The highest BCUT2D eigenvalue weighted by Gasteiger charge is 2.34. The fourth-order valence-corrected chi connectivity index (χ4v) is 5.84. The van der Waals surface area contributed by atoms with Crippen LogP contribution in [-0.4, -0.2) is 25.5 Å². The van der Waals surface area contributed by atoms with E-state index in [0.29, 0.717) is 0 Å². The SMILES string of the molecule is CCCCCCCCCC(CCCCCCCC1C[C@H]1CCCCCCCC)CCN(C)C. The normalized spacial score (nSPS) is 18.8. The Kier molecular flexibility index (Phi) is 21.1. The smallest absolute Gasteiger partial charge is 0.00222 e. The third-order valence-corrected chi connectivity index (χ3v) is 8.39. The maximum atomic E-state index is 2.38. The van der Waals surface area contributed by atoms with E-state index in [4.69, 9.17) is 0 Å². The van der Waals surface area contributed by atoms with Gasteiger partial charge in [0.05, 0.1) is 0 Å². The van der Waals surface area contributed by atoms with Gasteiger partial charge in [0.25, 0.3) is 0 Å². The zero-order valence-corrected chi connectivity index (χ0v) is 23.9. The highest BCUT2D eigenvalue weighted by atomic mass is 15.0. The Labute approximate surface area is 211 Å². The molecule has 1 heteroatoms.